The second-order valence-electron chi connectivity index (χ2n) is 21.4. The number of amides is 1. The Morgan fingerprint density at radius 2 is 1.70 bits per heavy atom. The monoisotopic (exact) mass is 969 g/mol. The molecule has 10 unspecified atom stereocenters. The number of β-amino-alcohol motifs (C(OH)–C–C–N with tert-alkyl or cyclic N) is 1. The minimum absolute atomic E-state index is 0.0128. The zero-order valence-electron chi connectivity index (χ0n) is 42.7. The Hall–Kier alpha value is -4.82. The van der Waals surface area contributed by atoms with Crippen LogP contribution in [0, 0.1) is 17.3 Å². The second-order valence-corrected chi connectivity index (χ2v) is 21.4. The van der Waals surface area contributed by atoms with Gasteiger partial charge in [0.2, 0.25) is 5.91 Å². The molecule has 7 rings (SSSR count). The first-order valence-corrected chi connectivity index (χ1v) is 26.1. The highest BCUT2D eigenvalue weighted by molar-refractivity contribution is 5.98. The van der Waals surface area contributed by atoms with E-state index in [2.05, 4.69) is 79.7 Å². The summed E-state index contributed by atoms with van der Waals surface area (Å²) in [6, 6.07) is 21.4. The predicted molar refractivity (Wildman–Crippen MR) is 282 cm³/mol. The summed E-state index contributed by atoms with van der Waals surface area (Å²) in [4.78, 5) is 28.6. The van der Waals surface area contributed by atoms with Gasteiger partial charge in [0.1, 0.15) is 12.2 Å². The van der Waals surface area contributed by atoms with Crippen molar-refractivity contribution in [3.63, 3.8) is 0 Å². The summed E-state index contributed by atoms with van der Waals surface area (Å²) in [7, 11) is 0. The van der Waals surface area contributed by atoms with Crippen LogP contribution in [0.4, 0.5) is 0 Å². The Morgan fingerprint density at radius 1 is 0.944 bits per heavy atom. The van der Waals surface area contributed by atoms with Gasteiger partial charge in [-0.1, -0.05) is 116 Å². The summed E-state index contributed by atoms with van der Waals surface area (Å²) < 4.78 is 0. The van der Waals surface area contributed by atoms with Gasteiger partial charge in [0.15, 0.2) is 5.78 Å². The van der Waals surface area contributed by atoms with E-state index in [0.29, 0.717) is 92.0 Å². The molecule has 0 radical (unpaired) electrons. The van der Waals surface area contributed by atoms with E-state index in [0.717, 1.165) is 46.4 Å². The molecule has 10 atom stereocenters. The average molecular weight is 969 g/mol. The van der Waals surface area contributed by atoms with E-state index in [-0.39, 0.29) is 37.3 Å². The van der Waals surface area contributed by atoms with Gasteiger partial charge in [-0.05, 0) is 166 Å². The molecule has 4 aliphatic rings. The number of carbonyl (C=O) groups is 2. The van der Waals surface area contributed by atoms with E-state index in [1.54, 1.807) is 0 Å². The van der Waals surface area contributed by atoms with Gasteiger partial charge in [0.05, 0.1) is 30.5 Å². The molecule has 2 aliphatic heterocycles. The maximum atomic E-state index is 14.9. The number of nitrogens with one attached hydrogen (secondary N) is 3. The number of fused-ring (bicyclic) bond motifs is 4. The normalized spacial score (nSPS) is 29.3. The van der Waals surface area contributed by atoms with E-state index in [9.17, 15) is 35.1 Å². The summed E-state index contributed by atoms with van der Waals surface area (Å²) in [6.07, 6.45) is 9.78. The topological polar surface area (TPSA) is 197 Å². The smallest absolute Gasteiger partial charge is 0.243 e. The number of Topliss-reactive ketones (excluding diaryl/α,β-unsaturated/α-hetero) is 1. The number of allylic oxidation sites excluding steroid dienone is 5. The van der Waals surface area contributed by atoms with Gasteiger partial charge in [0, 0.05) is 30.3 Å². The van der Waals surface area contributed by atoms with Gasteiger partial charge in [-0.3, -0.25) is 14.9 Å². The van der Waals surface area contributed by atoms with Crippen molar-refractivity contribution < 1.29 is 35.1 Å². The molecular weight excluding hydrogens is 889 g/mol. The average Bonchev–Trinajstić information content (AvgIpc) is 3.68. The zero-order valence-corrected chi connectivity index (χ0v) is 42.7. The van der Waals surface area contributed by atoms with Crippen LogP contribution in [0.3, 0.4) is 0 Å². The van der Waals surface area contributed by atoms with Crippen LogP contribution in [-0.2, 0) is 35.3 Å². The van der Waals surface area contributed by atoms with E-state index < -0.39 is 53.4 Å². The van der Waals surface area contributed by atoms with Crippen molar-refractivity contribution in [3.05, 3.63) is 164 Å². The third-order valence-electron chi connectivity index (χ3n) is 16.3. The number of ketones is 1. The number of carbonyl (C=O) groups excluding carboxylic acids is 2. The molecule has 0 saturated heterocycles. The Bertz CT molecular complexity index is 2510. The highest BCUT2D eigenvalue weighted by atomic mass is 16.3. The molecule has 1 amide bonds. The third kappa shape index (κ3) is 12.3. The molecule has 10 N–H and O–H groups in total. The SMILES string of the molecule is C=C(C=CC=C(CO)C1CCC2(C3CCC(O)Cc4cc(cc(Cc5ccccc5)c4)CCC(O)CNC4C(=O)NC(N)c5cccc(c54)CC(=O)C(C)=C3CCC2(C)O)C1O)C(CC=C(C)C)NCC. The molecule has 382 valence electrons. The molecule has 2 aliphatic carbocycles. The van der Waals surface area contributed by atoms with Crippen LogP contribution < -0.4 is 21.7 Å². The first kappa shape index (κ1) is 54.0. The summed E-state index contributed by atoms with van der Waals surface area (Å²) in [5.41, 5.74) is 14.5. The highest BCUT2D eigenvalue weighted by Crippen LogP contribution is 2.63. The van der Waals surface area contributed by atoms with Gasteiger partial charge in [-0.25, -0.2) is 0 Å². The molecule has 11 nitrogen and oxygen atoms in total. The number of rotatable bonds is 11. The largest absolute Gasteiger partial charge is 0.393 e. The third-order valence-corrected chi connectivity index (χ3v) is 16.3. The molecule has 2 saturated carbocycles. The van der Waals surface area contributed by atoms with Gasteiger partial charge >= 0.3 is 0 Å². The standard InChI is InChI=1S/C60H80N4O7/c1-7-62-52(24-19-37(2)3)38(4)13-11-17-45(36-65)49-26-28-60(56(49)69)51-23-22-46(66)33-43-31-41(30-42(32-43)29-40-14-9-8-10-15-40)20-21-47(67)35-63-55-54-44(16-12-18-50(54)57(61)64-58(55)70)34-53(68)39(5)48(51)25-27-59(60,6)71/h8-19,30-32,46-47,49,51-52,55-57,62-63,65-67,69,71H,4,7,20-29,33-36,61H2,1-3,5-6H3,(H,64,70). The maximum Gasteiger partial charge on any atom is 0.243 e. The summed E-state index contributed by atoms with van der Waals surface area (Å²) in [5, 5.41) is 69.7. The van der Waals surface area contributed by atoms with Crippen molar-refractivity contribution in [2.24, 2.45) is 23.0 Å². The van der Waals surface area contributed by atoms with Crippen molar-refractivity contribution in [2.75, 3.05) is 19.7 Å². The molecule has 3 aromatic carbocycles. The van der Waals surface area contributed by atoms with E-state index in [1.165, 1.54) is 5.57 Å². The van der Waals surface area contributed by atoms with Crippen LogP contribution in [-0.4, -0.2) is 86.9 Å². The Morgan fingerprint density at radius 3 is 2.44 bits per heavy atom. The lowest BCUT2D eigenvalue weighted by atomic mass is 9.52. The number of hydrogen-bond acceptors (Lipinski definition) is 10. The fourth-order valence-electron chi connectivity index (χ4n) is 12.4. The molecule has 3 aromatic rings. The lowest BCUT2D eigenvalue weighted by Crippen LogP contribution is -2.59. The number of aryl methyl sites for hydroxylation is 1. The Labute approximate surface area is 422 Å². The van der Waals surface area contributed by atoms with Gasteiger partial charge < -0.3 is 41.9 Å². The van der Waals surface area contributed by atoms with Crippen molar-refractivity contribution in [3.8, 4) is 0 Å². The molecule has 0 aromatic heterocycles. The second kappa shape index (κ2) is 23.8. The van der Waals surface area contributed by atoms with Gasteiger partial charge in [-0.15, -0.1) is 0 Å². The molecule has 1 spiro atoms. The van der Waals surface area contributed by atoms with Crippen LogP contribution in [0.1, 0.15) is 137 Å². The van der Waals surface area contributed by atoms with Crippen molar-refractivity contribution in [1.29, 1.82) is 0 Å². The highest BCUT2D eigenvalue weighted by Gasteiger charge is 2.64. The van der Waals surface area contributed by atoms with Crippen LogP contribution in [0.25, 0.3) is 0 Å². The molecule has 2 bridgehead atoms. The fraction of sp³-hybridized carbons (Fsp3) is 0.500. The van der Waals surface area contributed by atoms with Crippen LogP contribution in [0.5, 0.6) is 0 Å². The summed E-state index contributed by atoms with van der Waals surface area (Å²) in [6.45, 7) is 14.9. The summed E-state index contributed by atoms with van der Waals surface area (Å²) >= 11 is 0. The van der Waals surface area contributed by atoms with Crippen molar-refractivity contribution in [2.45, 2.75) is 154 Å². The number of aliphatic hydroxyl groups excluding tert-OH is 4. The van der Waals surface area contributed by atoms with E-state index in [1.807, 2.05) is 68.5 Å². The molecule has 71 heavy (non-hydrogen) atoms. The minimum Gasteiger partial charge on any atom is -0.393 e. The van der Waals surface area contributed by atoms with Crippen molar-refractivity contribution >= 4 is 11.7 Å². The predicted octanol–water partition coefficient (Wildman–Crippen LogP) is 7.40. The number of aliphatic hydroxyl groups is 5. The van der Waals surface area contributed by atoms with Crippen LogP contribution in [0.2, 0.25) is 0 Å². The maximum absolute atomic E-state index is 14.9. The lowest BCUT2D eigenvalue weighted by molar-refractivity contribution is -0.168. The van der Waals surface area contributed by atoms with E-state index >= 15 is 0 Å². The van der Waals surface area contributed by atoms with Gasteiger partial charge in [0.25, 0.3) is 0 Å². The first-order chi connectivity index (χ1) is 34.0. The van der Waals surface area contributed by atoms with Crippen LogP contribution in [0.15, 0.2) is 125 Å². The Balaban J connectivity index is 1.28. The Kier molecular flexibility index (Phi) is 18.1. The van der Waals surface area contributed by atoms with Gasteiger partial charge in [-0.2, -0.15) is 0 Å². The summed E-state index contributed by atoms with van der Waals surface area (Å²) in [5.74, 6) is -1.43. The molecule has 11 heteroatoms. The molecule has 2 fully saturated rings. The number of benzene rings is 3. The number of hydrogen-bond donors (Lipinski definition) is 9. The molecule has 2 heterocycles. The number of likely N-dealkylation sites (N-methyl/N-ethyl adjacent to an activating group) is 1. The molecular formula is C60H80N4O7. The fourth-order valence-corrected chi connectivity index (χ4v) is 12.4. The van der Waals surface area contributed by atoms with Crippen LogP contribution >= 0.6 is 0 Å². The number of nitrogens with two attached hydrogens (primary N) is 1. The first-order valence-electron chi connectivity index (χ1n) is 26.1. The minimum atomic E-state index is -1.35. The zero-order chi connectivity index (χ0) is 51.0. The lowest BCUT2D eigenvalue weighted by Gasteiger charge is -2.56. The quantitative estimate of drug-likeness (QED) is 0.0690. The van der Waals surface area contributed by atoms with Crippen molar-refractivity contribution in [1.82, 2.24) is 16.0 Å². The van der Waals surface area contributed by atoms with E-state index in [4.69, 9.17) is 5.73 Å².